The van der Waals surface area contributed by atoms with E-state index >= 15 is 0 Å². The molecule has 1 saturated carbocycles. The van der Waals surface area contributed by atoms with Gasteiger partial charge in [0, 0.05) is 12.2 Å². The van der Waals surface area contributed by atoms with Gasteiger partial charge in [-0.3, -0.25) is 9.59 Å². The lowest BCUT2D eigenvalue weighted by Crippen LogP contribution is -2.29. The third-order valence-electron chi connectivity index (χ3n) is 4.46. The molecule has 0 bridgehead atoms. The van der Waals surface area contributed by atoms with Crippen LogP contribution in [0.1, 0.15) is 61.4 Å². The summed E-state index contributed by atoms with van der Waals surface area (Å²) in [5, 5.41) is 8.83. The summed E-state index contributed by atoms with van der Waals surface area (Å²) in [6.45, 7) is 1.80. The maximum atomic E-state index is 12.4. The van der Waals surface area contributed by atoms with Gasteiger partial charge in [-0.2, -0.15) is 0 Å². The first kappa shape index (κ1) is 17.7. The first-order chi connectivity index (χ1) is 11.1. The number of rotatable bonds is 7. The van der Waals surface area contributed by atoms with Crippen LogP contribution in [0.2, 0.25) is 0 Å². The average Bonchev–Trinajstić information content (AvgIpc) is 2.60. The number of benzene rings is 1. The van der Waals surface area contributed by atoms with E-state index in [-0.39, 0.29) is 24.3 Å². The Kier molecular flexibility index (Phi) is 6.78. The van der Waals surface area contributed by atoms with E-state index in [9.17, 15) is 9.59 Å². The molecule has 23 heavy (non-hydrogen) atoms. The third kappa shape index (κ3) is 5.17. The standard InChI is InChI=1S/C19H26O4/c1-14(23-19(22)17-7-3-2-4-8-17)18(21)16-11-9-15(10-12-16)6-5-13-20/h9-12,14,17,20H,2-8,13H2,1H3. The molecule has 1 unspecified atom stereocenters. The van der Waals surface area contributed by atoms with Crippen LogP contribution >= 0.6 is 0 Å². The lowest BCUT2D eigenvalue weighted by molar-refractivity contribution is -0.152. The summed E-state index contributed by atoms with van der Waals surface area (Å²) in [6.07, 6.45) is 5.82. The molecule has 1 fully saturated rings. The van der Waals surface area contributed by atoms with E-state index in [2.05, 4.69) is 0 Å². The zero-order chi connectivity index (χ0) is 16.7. The van der Waals surface area contributed by atoms with Crippen molar-refractivity contribution in [1.82, 2.24) is 0 Å². The highest BCUT2D eigenvalue weighted by Gasteiger charge is 2.26. The smallest absolute Gasteiger partial charge is 0.309 e. The molecule has 0 heterocycles. The van der Waals surface area contributed by atoms with E-state index in [0.29, 0.717) is 12.0 Å². The molecule has 0 amide bonds. The highest BCUT2D eigenvalue weighted by Crippen LogP contribution is 2.25. The van der Waals surface area contributed by atoms with Gasteiger partial charge in [0.15, 0.2) is 6.10 Å². The van der Waals surface area contributed by atoms with Gasteiger partial charge in [-0.05, 0) is 38.2 Å². The number of hydrogen-bond acceptors (Lipinski definition) is 4. The lowest BCUT2D eigenvalue weighted by Gasteiger charge is -2.22. The fourth-order valence-electron chi connectivity index (χ4n) is 3.02. The Morgan fingerprint density at radius 2 is 1.83 bits per heavy atom. The summed E-state index contributed by atoms with van der Waals surface area (Å²) in [7, 11) is 0. The Bertz CT molecular complexity index is 515. The van der Waals surface area contributed by atoms with Gasteiger partial charge in [0.25, 0.3) is 0 Å². The van der Waals surface area contributed by atoms with Crippen LogP contribution in [-0.2, 0) is 16.0 Å². The quantitative estimate of drug-likeness (QED) is 0.619. The second-order valence-electron chi connectivity index (χ2n) is 6.30. The number of ether oxygens (including phenoxy) is 1. The summed E-state index contributed by atoms with van der Waals surface area (Å²) in [6, 6.07) is 7.30. The van der Waals surface area contributed by atoms with Crippen molar-refractivity contribution >= 4 is 11.8 Å². The summed E-state index contributed by atoms with van der Waals surface area (Å²) in [4.78, 5) is 24.5. The Morgan fingerprint density at radius 1 is 1.17 bits per heavy atom. The van der Waals surface area contributed by atoms with E-state index < -0.39 is 6.10 Å². The van der Waals surface area contributed by atoms with Crippen molar-refractivity contribution < 1.29 is 19.4 Å². The van der Waals surface area contributed by atoms with Gasteiger partial charge in [-0.15, -0.1) is 0 Å². The van der Waals surface area contributed by atoms with Crippen LogP contribution < -0.4 is 0 Å². The number of esters is 1. The number of Topliss-reactive ketones (excluding diaryl/α,β-unsaturated/α-hetero) is 1. The Hall–Kier alpha value is -1.68. The molecule has 4 heteroatoms. The first-order valence-corrected chi connectivity index (χ1v) is 8.56. The Labute approximate surface area is 137 Å². The summed E-state index contributed by atoms with van der Waals surface area (Å²) >= 11 is 0. The molecule has 126 valence electrons. The van der Waals surface area contributed by atoms with E-state index in [1.807, 2.05) is 12.1 Å². The normalized spacial score (nSPS) is 16.8. The molecule has 4 nitrogen and oxygen atoms in total. The molecule has 1 aliphatic carbocycles. The zero-order valence-corrected chi connectivity index (χ0v) is 13.8. The molecule has 2 rings (SSSR count). The molecule has 1 atom stereocenters. The van der Waals surface area contributed by atoms with Crippen LogP contribution in [0.15, 0.2) is 24.3 Å². The van der Waals surface area contributed by atoms with Gasteiger partial charge in [0.05, 0.1) is 5.92 Å². The van der Waals surface area contributed by atoms with Crippen LogP contribution in [0.4, 0.5) is 0 Å². The predicted molar refractivity (Wildman–Crippen MR) is 88.3 cm³/mol. The number of hydrogen-bond donors (Lipinski definition) is 1. The summed E-state index contributed by atoms with van der Waals surface area (Å²) < 4.78 is 5.38. The van der Waals surface area contributed by atoms with Crippen molar-refractivity contribution in [2.24, 2.45) is 5.92 Å². The van der Waals surface area contributed by atoms with Crippen molar-refractivity contribution in [3.05, 3.63) is 35.4 Å². The Balaban J connectivity index is 1.89. The fourth-order valence-corrected chi connectivity index (χ4v) is 3.02. The number of aliphatic hydroxyl groups excluding tert-OH is 1. The number of ketones is 1. The SMILES string of the molecule is CC(OC(=O)C1CCCCC1)C(=O)c1ccc(CCCO)cc1. The number of aliphatic hydroxyl groups is 1. The van der Waals surface area contributed by atoms with Gasteiger partial charge in [-0.25, -0.2) is 0 Å². The molecule has 0 aromatic heterocycles. The van der Waals surface area contributed by atoms with Crippen LogP contribution in [-0.4, -0.2) is 29.6 Å². The molecule has 1 aliphatic rings. The number of carbonyl (C=O) groups excluding carboxylic acids is 2. The molecule has 1 aromatic rings. The highest BCUT2D eigenvalue weighted by atomic mass is 16.5. The average molecular weight is 318 g/mol. The minimum atomic E-state index is -0.743. The molecule has 0 radical (unpaired) electrons. The van der Waals surface area contributed by atoms with Crippen molar-refractivity contribution in [2.75, 3.05) is 6.61 Å². The van der Waals surface area contributed by atoms with Crippen molar-refractivity contribution in [2.45, 2.75) is 58.0 Å². The minimum Gasteiger partial charge on any atom is -0.454 e. The van der Waals surface area contributed by atoms with E-state index in [4.69, 9.17) is 9.84 Å². The van der Waals surface area contributed by atoms with Crippen LogP contribution in [0, 0.1) is 5.92 Å². The monoisotopic (exact) mass is 318 g/mol. The van der Waals surface area contributed by atoms with Crippen molar-refractivity contribution in [1.29, 1.82) is 0 Å². The van der Waals surface area contributed by atoms with Gasteiger partial charge in [0.1, 0.15) is 0 Å². The van der Waals surface area contributed by atoms with Crippen LogP contribution in [0.3, 0.4) is 0 Å². The van der Waals surface area contributed by atoms with E-state index in [1.165, 1.54) is 6.42 Å². The molecule has 0 aliphatic heterocycles. The molecule has 1 N–H and O–H groups in total. The summed E-state index contributed by atoms with van der Waals surface area (Å²) in [5.74, 6) is -0.437. The van der Waals surface area contributed by atoms with Crippen LogP contribution in [0.5, 0.6) is 0 Å². The minimum absolute atomic E-state index is 0.0418. The van der Waals surface area contributed by atoms with Crippen molar-refractivity contribution in [3.8, 4) is 0 Å². The van der Waals surface area contributed by atoms with Crippen LogP contribution in [0.25, 0.3) is 0 Å². The van der Waals surface area contributed by atoms with Gasteiger partial charge < -0.3 is 9.84 Å². The number of carbonyl (C=O) groups is 2. The topological polar surface area (TPSA) is 63.6 Å². The van der Waals surface area contributed by atoms with Gasteiger partial charge in [0.2, 0.25) is 5.78 Å². The molecular formula is C19H26O4. The predicted octanol–water partition coefficient (Wildman–Crippen LogP) is 3.31. The maximum absolute atomic E-state index is 12.4. The number of aryl methyl sites for hydroxylation is 1. The van der Waals surface area contributed by atoms with E-state index in [1.54, 1.807) is 19.1 Å². The maximum Gasteiger partial charge on any atom is 0.309 e. The highest BCUT2D eigenvalue weighted by molar-refractivity contribution is 6.00. The largest absolute Gasteiger partial charge is 0.454 e. The third-order valence-corrected chi connectivity index (χ3v) is 4.46. The van der Waals surface area contributed by atoms with E-state index in [0.717, 1.165) is 37.7 Å². The summed E-state index contributed by atoms with van der Waals surface area (Å²) in [5.41, 5.74) is 1.64. The van der Waals surface area contributed by atoms with Gasteiger partial charge >= 0.3 is 5.97 Å². The molecule has 0 spiro atoms. The Morgan fingerprint density at radius 3 is 2.43 bits per heavy atom. The molecule has 0 saturated heterocycles. The van der Waals surface area contributed by atoms with Gasteiger partial charge in [-0.1, -0.05) is 43.5 Å². The molecular weight excluding hydrogens is 292 g/mol. The zero-order valence-electron chi connectivity index (χ0n) is 13.8. The second-order valence-corrected chi connectivity index (χ2v) is 6.30. The van der Waals surface area contributed by atoms with Crippen molar-refractivity contribution in [3.63, 3.8) is 0 Å². The second kappa shape index (κ2) is 8.82. The lowest BCUT2D eigenvalue weighted by atomic mass is 9.89. The fraction of sp³-hybridized carbons (Fsp3) is 0.579. The molecule has 1 aromatic carbocycles. The first-order valence-electron chi connectivity index (χ1n) is 8.56.